The van der Waals surface area contributed by atoms with E-state index in [0.29, 0.717) is 16.2 Å². The molecule has 0 saturated carbocycles. The Kier molecular flexibility index (Phi) is 5.20. The fraction of sp³-hybridized carbons (Fsp3) is 0.357. The van der Waals surface area contributed by atoms with E-state index in [-0.39, 0.29) is 0 Å². The van der Waals surface area contributed by atoms with Gasteiger partial charge in [-0.1, -0.05) is 31.5 Å². The smallest absolute Gasteiger partial charge is 0.210 e. The van der Waals surface area contributed by atoms with E-state index >= 15 is 0 Å². The predicted molar refractivity (Wildman–Crippen MR) is 70.4 cm³/mol. The molecule has 0 saturated heterocycles. The van der Waals surface area contributed by atoms with Crippen molar-refractivity contribution in [2.45, 2.75) is 38.0 Å². The topological polar surface area (TPSA) is 34.1 Å². The van der Waals surface area contributed by atoms with Crippen LogP contribution in [0.3, 0.4) is 0 Å². The first-order valence-corrected chi connectivity index (χ1v) is 7.31. The highest BCUT2D eigenvalue weighted by molar-refractivity contribution is 7.95. The lowest BCUT2D eigenvalue weighted by atomic mass is 10.2. The summed E-state index contributed by atoms with van der Waals surface area (Å²) in [6, 6.07) is 8.53. The molecule has 17 heavy (non-hydrogen) atoms. The molecule has 2 nitrogen and oxygen atoms in total. The van der Waals surface area contributed by atoms with Gasteiger partial charge in [0.1, 0.15) is 0 Å². The Morgan fingerprint density at radius 2 is 1.94 bits per heavy atom. The van der Waals surface area contributed by atoms with Crippen molar-refractivity contribution in [2.75, 3.05) is 0 Å². The van der Waals surface area contributed by atoms with E-state index in [1.807, 2.05) is 13.0 Å². The molecule has 1 rings (SSSR count). The maximum Gasteiger partial charge on any atom is 0.210 e. The van der Waals surface area contributed by atoms with E-state index in [0.717, 1.165) is 12.8 Å². The molecule has 0 unspecified atom stereocenters. The van der Waals surface area contributed by atoms with Crippen LogP contribution >= 0.6 is 0 Å². The fourth-order valence-electron chi connectivity index (χ4n) is 1.52. The molecule has 0 aliphatic carbocycles. The summed E-state index contributed by atoms with van der Waals surface area (Å²) in [5.74, 6) is 0. The Labute approximate surface area is 104 Å². The molecule has 0 aromatic heterocycles. The third kappa shape index (κ3) is 3.58. The zero-order valence-corrected chi connectivity index (χ0v) is 11.1. The zero-order chi connectivity index (χ0) is 12.7. The van der Waals surface area contributed by atoms with Crippen molar-refractivity contribution in [3.63, 3.8) is 0 Å². The van der Waals surface area contributed by atoms with Crippen LogP contribution in [-0.2, 0) is 9.84 Å². The average Bonchev–Trinajstić information content (AvgIpc) is 2.35. The first-order valence-electron chi connectivity index (χ1n) is 5.83. The normalized spacial score (nSPS) is 10.7. The molecule has 0 aliphatic heterocycles. The molecule has 1 aromatic carbocycles. The van der Waals surface area contributed by atoms with Gasteiger partial charge in [-0.05, 0) is 38.0 Å². The molecule has 0 atom stereocenters. The van der Waals surface area contributed by atoms with E-state index in [1.165, 1.54) is 0 Å². The molecule has 0 spiro atoms. The van der Waals surface area contributed by atoms with Gasteiger partial charge in [0.05, 0.1) is 9.80 Å². The van der Waals surface area contributed by atoms with Gasteiger partial charge in [-0.3, -0.25) is 0 Å². The van der Waals surface area contributed by atoms with Crippen molar-refractivity contribution in [1.82, 2.24) is 0 Å². The summed E-state index contributed by atoms with van der Waals surface area (Å²) in [4.78, 5) is 0.730. The summed E-state index contributed by atoms with van der Waals surface area (Å²) in [7, 11) is -3.36. The van der Waals surface area contributed by atoms with E-state index < -0.39 is 9.84 Å². The largest absolute Gasteiger partial charge is 0.218 e. The standard InChI is InChI=1S/C14H18O2S/c1-3-5-10-13(9-4-2)17(15,16)14-11-7-6-8-12-14/h4,6-8,11-12H,3,5,10H2,1-2H3. The van der Waals surface area contributed by atoms with Crippen LogP contribution in [0.2, 0.25) is 0 Å². The number of sulfone groups is 1. The Morgan fingerprint density at radius 1 is 1.29 bits per heavy atom. The van der Waals surface area contributed by atoms with Gasteiger partial charge in [0.25, 0.3) is 0 Å². The average molecular weight is 250 g/mol. The van der Waals surface area contributed by atoms with Crippen LogP contribution in [0.5, 0.6) is 0 Å². The van der Waals surface area contributed by atoms with Crippen LogP contribution in [-0.4, -0.2) is 8.42 Å². The first kappa shape index (κ1) is 13.8. The number of allylic oxidation sites excluding steroid dienone is 1. The summed E-state index contributed by atoms with van der Waals surface area (Å²) in [5.41, 5.74) is 2.86. The number of benzene rings is 1. The molecule has 0 bridgehead atoms. The number of hydrogen-bond acceptors (Lipinski definition) is 2. The molecular weight excluding hydrogens is 232 g/mol. The maximum atomic E-state index is 12.3. The summed E-state index contributed by atoms with van der Waals surface area (Å²) >= 11 is 0. The van der Waals surface area contributed by atoms with Crippen LogP contribution in [0, 0.1) is 0 Å². The van der Waals surface area contributed by atoms with Gasteiger partial charge in [0, 0.05) is 0 Å². The highest BCUT2D eigenvalue weighted by Gasteiger charge is 2.19. The third-order valence-electron chi connectivity index (χ3n) is 2.44. The third-order valence-corrected chi connectivity index (χ3v) is 4.30. The Hall–Kier alpha value is -1.31. The number of unbranched alkanes of at least 4 members (excludes halogenated alkanes) is 1. The van der Waals surface area contributed by atoms with Crippen LogP contribution < -0.4 is 0 Å². The van der Waals surface area contributed by atoms with Crippen molar-refractivity contribution in [1.29, 1.82) is 0 Å². The van der Waals surface area contributed by atoms with Crippen LogP contribution in [0.15, 0.2) is 51.9 Å². The lowest BCUT2D eigenvalue weighted by Gasteiger charge is -2.06. The van der Waals surface area contributed by atoms with Crippen LogP contribution in [0.25, 0.3) is 0 Å². The van der Waals surface area contributed by atoms with E-state index in [9.17, 15) is 8.42 Å². The molecule has 3 heteroatoms. The Morgan fingerprint density at radius 3 is 2.47 bits per heavy atom. The summed E-state index contributed by atoms with van der Waals surface area (Å²) < 4.78 is 24.6. The van der Waals surface area contributed by atoms with Gasteiger partial charge >= 0.3 is 0 Å². The van der Waals surface area contributed by atoms with Gasteiger partial charge in [-0.15, -0.1) is 5.73 Å². The van der Waals surface area contributed by atoms with Crippen molar-refractivity contribution >= 4 is 9.84 Å². The lowest BCUT2D eigenvalue weighted by molar-refractivity contribution is 0.599. The Bertz CT molecular complexity index is 506. The minimum absolute atomic E-state index is 0.348. The fourth-order valence-corrected chi connectivity index (χ4v) is 3.01. The second kappa shape index (κ2) is 6.43. The molecule has 1 aromatic rings. The van der Waals surface area contributed by atoms with E-state index in [1.54, 1.807) is 37.3 Å². The first-order chi connectivity index (χ1) is 8.12. The number of hydrogen-bond donors (Lipinski definition) is 0. The molecule has 92 valence electrons. The van der Waals surface area contributed by atoms with Crippen molar-refractivity contribution in [3.8, 4) is 0 Å². The Balaban J connectivity index is 3.15. The van der Waals surface area contributed by atoms with Gasteiger partial charge < -0.3 is 0 Å². The predicted octanol–water partition coefficient (Wildman–Crippen LogP) is 3.71. The summed E-state index contributed by atoms with van der Waals surface area (Å²) in [5, 5.41) is 0. The minimum atomic E-state index is -3.36. The minimum Gasteiger partial charge on any atom is -0.218 e. The monoisotopic (exact) mass is 250 g/mol. The summed E-state index contributed by atoms with van der Waals surface area (Å²) in [6.45, 7) is 3.83. The van der Waals surface area contributed by atoms with Crippen LogP contribution in [0.4, 0.5) is 0 Å². The van der Waals surface area contributed by atoms with Crippen molar-refractivity contribution in [3.05, 3.63) is 47.0 Å². The molecule has 0 aliphatic rings. The number of rotatable bonds is 5. The van der Waals surface area contributed by atoms with Crippen molar-refractivity contribution < 1.29 is 8.42 Å². The second-order valence-electron chi connectivity index (χ2n) is 3.78. The summed E-state index contributed by atoms with van der Waals surface area (Å²) in [6.07, 6.45) is 4.05. The second-order valence-corrected chi connectivity index (χ2v) is 5.75. The molecule has 0 N–H and O–H groups in total. The van der Waals surface area contributed by atoms with Gasteiger partial charge in [-0.2, -0.15) is 0 Å². The van der Waals surface area contributed by atoms with Gasteiger partial charge in [0.15, 0.2) is 0 Å². The van der Waals surface area contributed by atoms with E-state index in [4.69, 9.17) is 0 Å². The highest BCUT2D eigenvalue weighted by atomic mass is 32.2. The van der Waals surface area contributed by atoms with Crippen molar-refractivity contribution in [2.24, 2.45) is 0 Å². The zero-order valence-electron chi connectivity index (χ0n) is 10.3. The lowest BCUT2D eigenvalue weighted by Crippen LogP contribution is -2.04. The van der Waals surface area contributed by atoms with Gasteiger partial charge in [0.2, 0.25) is 9.84 Å². The maximum absolute atomic E-state index is 12.3. The molecule has 0 amide bonds. The highest BCUT2D eigenvalue weighted by Crippen LogP contribution is 2.22. The van der Waals surface area contributed by atoms with Crippen LogP contribution in [0.1, 0.15) is 33.1 Å². The quantitative estimate of drug-likeness (QED) is 0.746. The van der Waals surface area contributed by atoms with E-state index in [2.05, 4.69) is 5.73 Å². The molecule has 0 heterocycles. The molecular formula is C14H18O2S. The molecule has 0 fully saturated rings. The molecule has 0 radical (unpaired) electrons. The van der Waals surface area contributed by atoms with Gasteiger partial charge in [-0.25, -0.2) is 8.42 Å². The SMILES string of the molecule is CC=C=C(CCCC)S(=O)(=O)c1ccccc1.